The standard InChI is InChI=1S/C60H97NO16S/c1-37-19-15-14-16-20-38(2)50(77-58(8,9)27-30-78(71,72)59(10,11)26-29-62)35-45-24-22-43(7)60(70,76-45)55(67)56(68)61-28-18-17-21-46(61)57(69)75-49(40(4)33-44-23-25-47(63)51(34-44)73-12)36-48(64)39(3)32-42(6)53(66)54(74-13)52(65)41(5)31-37/h14-16,19-20,32,37,39-41,43-47,49-51,53-54,62-63,66,70H,17-18,21-31,33-36H2,1-13H3/b16-14+,19-15+,38-20+,42-32+/t37-,39-,40-,41-,43-,44+,45+,46+,47-,49+,50?,51-,53-,54+,60-/m1/s1. The van der Waals surface area contributed by atoms with Gasteiger partial charge in [-0.3, -0.25) is 19.2 Å². The molecule has 0 aromatic heterocycles. The van der Waals surface area contributed by atoms with Crippen molar-refractivity contribution in [2.45, 2.75) is 231 Å². The van der Waals surface area contributed by atoms with E-state index in [-0.39, 0.29) is 86.4 Å². The van der Waals surface area contributed by atoms with Crippen molar-refractivity contribution in [3.8, 4) is 0 Å². The van der Waals surface area contributed by atoms with E-state index in [1.165, 1.54) is 7.11 Å². The number of rotatable bonds is 13. The van der Waals surface area contributed by atoms with Gasteiger partial charge in [0, 0.05) is 58.0 Å². The van der Waals surface area contributed by atoms with Crippen molar-refractivity contribution in [3.63, 3.8) is 0 Å². The lowest BCUT2D eigenvalue weighted by molar-refractivity contribution is -0.267. The second-order valence-corrected chi connectivity index (χ2v) is 27.3. The number of esters is 1. The van der Waals surface area contributed by atoms with Crippen molar-refractivity contribution in [2.75, 3.05) is 33.1 Å². The highest BCUT2D eigenvalue weighted by Gasteiger charge is 2.53. The Morgan fingerprint density at radius 2 is 1.55 bits per heavy atom. The van der Waals surface area contributed by atoms with Gasteiger partial charge in [0.25, 0.3) is 11.7 Å². The van der Waals surface area contributed by atoms with Gasteiger partial charge < -0.3 is 49.0 Å². The van der Waals surface area contributed by atoms with Crippen LogP contribution < -0.4 is 0 Å². The number of methoxy groups -OCH3 is 2. The first-order valence-electron chi connectivity index (χ1n) is 28.6. The number of Topliss-reactive ketones (excluding diaryl/α,β-unsaturated/α-hetero) is 3. The molecule has 0 aromatic rings. The molecule has 1 amide bonds. The molecule has 0 radical (unpaired) electrons. The summed E-state index contributed by atoms with van der Waals surface area (Å²) in [4.78, 5) is 73.0. The minimum Gasteiger partial charge on any atom is -0.460 e. The number of carbonyl (C=O) groups excluding carboxylic acids is 5. The molecule has 3 heterocycles. The number of ketones is 3. The molecule has 18 heteroatoms. The monoisotopic (exact) mass is 1120 g/mol. The number of hydrogen-bond donors (Lipinski definition) is 4. The van der Waals surface area contributed by atoms with Gasteiger partial charge in [-0.15, -0.1) is 0 Å². The third kappa shape index (κ3) is 18.0. The lowest BCUT2D eigenvalue weighted by Gasteiger charge is -2.43. The van der Waals surface area contributed by atoms with Crippen molar-refractivity contribution in [1.29, 1.82) is 0 Å². The molecule has 4 N–H and O–H groups in total. The van der Waals surface area contributed by atoms with E-state index in [1.807, 2.05) is 51.2 Å². The number of aliphatic hydroxyl groups excluding tert-OH is 3. The lowest BCUT2D eigenvalue weighted by Crippen LogP contribution is -2.61. The SMILES string of the molecule is CO[C@@H]1C[C@H](C[C@@H](C)[C@@H]2CC(=O)[C@H](C)/C=C(\C)[C@@H](O)[C@@H](OC)C(=O)[C@H](C)C[C@H](C)/C=C/C=C/C=C(\C)C(OC(C)(C)CCS(=O)(=O)C(C)(C)CCO)C[C@@H]3CC[C@@H](C)[C@@](O)(O3)C(=O)C(=O)N3CCCC[C@H]3C(=O)O2)CC[C@H]1O. The number of cyclic esters (lactones) is 1. The molecule has 0 spiro atoms. The topological polar surface area (TPSA) is 250 Å². The van der Waals surface area contributed by atoms with Crippen molar-refractivity contribution in [2.24, 2.45) is 35.5 Å². The first kappa shape index (κ1) is 67.0. The fourth-order valence-electron chi connectivity index (χ4n) is 11.5. The van der Waals surface area contributed by atoms with Crippen LogP contribution in [0.25, 0.3) is 0 Å². The summed E-state index contributed by atoms with van der Waals surface area (Å²) in [6, 6.07) is -1.21. The Bertz CT molecular complexity index is 2270. The van der Waals surface area contributed by atoms with Crippen molar-refractivity contribution in [1.82, 2.24) is 4.90 Å². The fraction of sp³-hybridized carbons (Fsp3) is 0.783. The van der Waals surface area contributed by atoms with Crippen LogP contribution in [0.3, 0.4) is 0 Å². The van der Waals surface area contributed by atoms with Crippen LogP contribution in [0, 0.1) is 35.5 Å². The summed E-state index contributed by atoms with van der Waals surface area (Å²) in [5.41, 5.74) is 0.0648. The van der Waals surface area contributed by atoms with Crippen LogP contribution in [-0.2, 0) is 57.5 Å². The van der Waals surface area contributed by atoms with Crippen molar-refractivity contribution in [3.05, 3.63) is 47.6 Å². The molecule has 15 atom stereocenters. The Balaban J connectivity index is 1.76. The van der Waals surface area contributed by atoms with Crippen LogP contribution in [0.1, 0.15) is 166 Å². The number of sulfone groups is 1. The normalized spacial score (nSPS) is 36.3. The van der Waals surface area contributed by atoms with Crippen LogP contribution in [0.2, 0.25) is 0 Å². The molecule has 2 bridgehead atoms. The van der Waals surface area contributed by atoms with E-state index >= 15 is 0 Å². The van der Waals surface area contributed by atoms with Gasteiger partial charge in [0.1, 0.15) is 30.1 Å². The summed E-state index contributed by atoms with van der Waals surface area (Å²) in [6.45, 7) is 18.9. The number of carbonyl (C=O) groups is 5. The summed E-state index contributed by atoms with van der Waals surface area (Å²) in [7, 11) is -0.758. The van der Waals surface area contributed by atoms with Crippen LogP contribution in [0.4, 0.5) is 0 Å². The highest BCUT2D eigenvalue weighted by molar-refractivity contribution is 7.92. The molecular weight excluding hydrogens is 1020 g/mol. The third-order valence-electron chi connectivity index (χ3n) is 17.2. The largest absolute Gasteiger partial charge is 0.460 e. The highest BCUT2D eigenvalue weighted by Crippen LogP contribution is 2.39. The lowest BCUT2D eigenvalue weighted by atomic mass is 9.78. The van der Waals surface area contributed by atoms with E-state index in [0.717, 1.165) is 10.5 Å². The molecular formula is C60H97NO16S. The molecule has 4 aliphatic rings. The number of nitrogens with zero attached hydrogens (tertiary/aromatic N) is 1. The Kier molecular flexibility index (Phi) is 25.4. The number of amides is 1. The summed E-state index contributed by atoms with van der Waals surface area (Å²) in [5.74, 6) is -8.97. The summed E-state index contributed by atoms with van der Waals surface area (Å²) in [6.07, 6.45) is 9.54. The van der Waals surface area contributed by atoms with Crippen LogP contribution in [-0.4, -0.2) is 161 Å². The number of allylic oxidation sites excluding steroid dienone is 6. The smallest absolute Gasteiger partial charge is 0.329 e. The van der Waals surface area contributed by atoms with E-state index in [1.54, 1.807) is 68.6 Å². The Morgan fingerprint density at radius 1 is 0.859 bits per heavy atom. The first-order valence-corrected chi connectivity index (χ1v) is 30.2. The van der Waals surface area contributed by atoms with E-state index in [0.29, 0.717) is 63.4 Å². The molecule has 4 rings (SSSR count). The molecule has 17 nitrogen and oxygen atoms in total. The Labute approximate surface area is 465 Å². The molecule has 3 aliphatic heterocycles. The molecule has 1 saturated carbocycles. The van der Waals surface area contributed by atoms with E-state index in [4.69, 9.17) is 23.7 Å². The van der Waals surface area contributed by atoms with Gasteiger partial charge in [-0.05, 0) is 147 Å². The minimum atomic E-state index is -3.67. The Hall–Kier alpha value is -3.46. The molecule has 2 saturated heterocycles. The molecule has 3 fully saturated rings. The molecule has 1 unspecified atom stereocenters. The fourth-order valence-corrected chi connectivity index (χ4v) is 13.2. The average molecular weight is 1120 g/mol. The van der Waals surface area contributed by atoms with E-state index in [2.05, 4.69) is 0 Å². The zero-order valence-corrected chi connectivity index (χ0v) is 49.9. The van der Waals surface area contributed by atoms with Gasteiger partial charge in [-0.2, -0.15) is 0 Å². The number of aliphatic hydroxyl groups is 4. The van der Waals surface area contributed by atoms with Crippen LogP contribution >= 0.6 is 0 Å². The summed E-state index contributed by atoms with van der Waals surface area (Å²) < 4.78 is 56.4. The maximum Gasteiger partial charge on any atom is 0.329 e. The van der Waals surface area contributed by atoms with Gasteiger partial charge in [-0.25, -0.2) is 13.2 Å². The number of ether oxygens (including phenoxy) is 5. The van der Waals surface area contributed by atoms with Crippen LogP contribution in [0.5, 0.6) is 0 Å². The van der Waals surface area contributed by atoms with Crippen LogP contribution in [0.15, 0.2) is 47.6 Å². The third-order valence-corrected chi connectivity index (χ3v) is 19.8. The van der Waals surface area contributed by atoms with Crippen molar-refractivity contribution >= 4 is 39.1 Å². The van der Waals surface area contributed by atoms with Gasteiger partial charge in [0.15, 0.2) is 15.6 Å². The number of piperidine rings is 1. The van der Waals surface area contributed by atoms with Gasteiger partial charge >= 0.3 is 5.97 Å². The number of fused-ring (bicyclic) bond motifs is 3. The van der Waals surface area contributed by atoms with Gasteiger partial charge in [0.2, 0.25) is 5.79 Å². The van der Waals surface area contributed by atoms with Crippen molar-refractivity contribution < 1.29 is 76.5 Å². The second-order valence-electron chi connectivity index (χ2n) is 24.5. The summed E-state index contributed by atoms with van der Waals surface area (Å²) in [5, 5.41) is 44.0. The zero-order chi connectivity index (χ0) is 58.5. The maximum absolute atomic E-state index is 14.6. The zero-order valence-electron chi connectivity index (χ0n) is 49.1. The summed E-state index contributed by atoms with van der Waals surface area (Å²) >= 11 is 0. The van der Waals surface area contributed by atoms with Gasteiger partial charge in [0.05, 0.1) is 40.5 Å². The molecule has 0 aromatic carbocycles. The second kappa shape index (κ2) is 29.5. The molecule has 444 valence electrons. The van der Waals surface area contributed by atoms with E-state index in [9.17, 15) is 52.8 Å². The predicted octanol–water partition coefficient (Wildman–Crippen LogP) is 7.30. The maximum atomic E-state index is 14.6. The average Bonchev–Trinajstić information content (AvgIpc) is 3.39. The predicted molar refractivity (Wildman–Crippen MR) is 297 cm³/mol. The van der Waals surface area contributed by atoms with E-state index < -0.39 is 104 Å². The number of hydrogen-bond acceptors (Lipinski definition) is 16. The minimum absolute atomic E-state index is 0.0247. The molecule has 78 heavy (non-hydrogen) atoms. The quantitative estimate of drug-likeness (QED) is 0.0803. The Morgan fingerprint density at radius 3 is 2.21 bits per heavy atom. The molecule has 1 aliphatic carbocycles. The highest BCUT2D eigenvalue weighted by atomic mass is 32.2. The first-order chi connectivity index (χ1) is 36.4. The van der Waals surface area contributed by atoms with Gasteiger partial charge in [-0.1, -0.05) is 71.1 Å².